The van der Waals surface area contributed by atoms with Crippen LogP contribution in [0.2, 0.25) is 0 Å². The Kier molecular flexibility index (Phi) is 8.73. The van der Waals surface area contributed by atoms with Gasteiger partial charge in [0, 0.05) is 74.1 Å². The zero-order chi connectivity index (χ0) is 42.8. The van der Waals surface area contributed by atoms with Gasteiger partial charge in [-0.1, -0.05) is 92.7 Å². The molecule has 12 rings (SSSR count). The van der Waals surface area contributed by atoms with Crippen molar-refractivity contribution in [3.05, 3.63) is 224 Å². The summed E-state index contributed by atoms with van der Waals surface area (Å²) >= 11 is 0. The maximum atomic E-state index is 6.68. The second-order valence-corrected chi connectivity index (χ2v) is 16.9. The molecule has 1 aliphatic rings. The van der Waals surface area contributed by atoms with Crippen LogP contribution < -0.4 is 4.90 Å². The van der Waals surface area contributed by atoms with E-state index in [0.29, 0.717) is 0 Å². The number of furan rings is 1. The Morgan fingerprint density at radius 1 is 0.453 bits per heavy atom. The average molecular weight is 824 g/mol. The number of anilines is 3. The van der Waals surface area contributed by atoms with Crippen LogP contribution in [0.25, 0.3) is 83.8 Å². The molecule has 6 nitrogen and oxygen atoms in total. The second-order valence-electron chi connectivity index (χ2n) is 16.9. The Labute approximate surface area is 371 Å². The molecule has 0 bridgehead atoms. The molecule has 11 aromatic rings. The van der Waals surface area contributed by atoms with Gasteiger partial charge in [-0.2, -0.15) is 0 Å². The van der Waals surface area contributed by atoms with Gasteiger partial charge in [-0.3, -0.25) is 14.9 Å². The number of hydrogen-bond acceptors (Lipinski definition) is 5. The highest BCUT2D eigenvalue weighted by Crippen LogP contribution is 2.51. The summed E-state index contributed by atoms with van der Waals surface area (Å²) in [5, 5.41) is 2.41. The lowest BCUT2D eigenvalue weighted by atomic mass is 9.82. The highest BCUT2D eigenvalue weighted by molar-refractivity contribution is 6.12. The first-order chi connectivity index (χ1) is 31.5. The van der Waals surface area contributed by atoms with Crippen molar-refractivity contribution < 1.29 is 4.42 Å². The quantitative estimate of drug-likeness (QED) is 0.153. The first-order valence-corrected chi connectivity index (χ1v) is 21.7. The molecule has 5 heterocycles. The molecule has 0 atom stereocenters. The number of nitrogens with zero attached hydrogens (tertiary/aromatic N) is 5. The van der Waals surface area contributed by atoms with E-state index in [2.05, 4.69) is 185 Å². The van der Waals surface area contributed by atoms with E-state index in [4.69, 9.17) is 9.40 Å². The molecule has 0 aliphatic heterocycles. The predicted octanol–water partition coefficient (Wildman–Crippen LogP) is 15.0. The van der Waals surface area contributed by atoms with Crippen molar-refractivity contribution in [2.75, 3.05) is 4.90 Å². The molecule has 0 saturated heterocycles. The zero-order valence-electron chi connectivity index (χ0n) is 35.4. The van der Waals surface area contributed by atoms with Gasteiger partial charge in [0.25, 0.3) is 0 Å². The fourth-order valence-electron chi connectivity index (χ4n) is 9.62. The number of rotatable bonds is 8. The third-order valence-electron chi connectivity index (χ3n) is 12.8. The Morgan fingerprint density at radius 3 is 1.77 bits per heavy atom. The van der Waals surface area contributed by atoms with Crippen LogP contribution in [0, 0.1) is 0 Å². The van der Waals surface area contributed by atoms with Gasteiger partial charge in [-0.05, 0) is 138 Å². The van der Waals surface area contributed by atoms with E-state index in [1.54, 1.807) is 0 Å². The number of pyridine rings is 3. The lowest BCUT2D eigenvalue weighted by Gasteiger charge is -2.25. The summed E-state index contributed by atoms with van der Waals surface area (Å²) in [7, 11) is 0. The van der Waals surface area contributed by atoms with E-state index in [9.17, 15) is 0 Å². The van der Waals surface area contributed by atoms with Crippen LogP contribution in [-0.2, 0) is 5.41 Å². The third-order valence-corrected chi connectivity index (χ3v) is 12.8. The molecule has 0 N–H and O–H groups in total. The fourth-order valence-corrected chi connectivity index (χ4v) is 9.62. The summed E-state index contributed by atoms with van der Waals surface area (Å²) in [4.78, 5) is 16.5. The maximum absolute atomic E-state index is 6.68. The molecule has 0 fully saturated rings. The van der Waals surface area contributed by atoms with Gasteiger partial charge in [0.05, 0.1) is 22.4 Å². The highest BCUT2D eigenvalue weighted by atomic mass is 16.3. The summed E-state index contributed by atoms with van der Waals surface area (Å²) in [6, 6.07) is 68.1. The average Bonchev–Trinajstić information content (AvgIpc) is 4.04. The number of para-hydroxylation sites is 1. The van der Waals surface area contributed by atoms with Crippen molar-refractivity contribution in [1.82, 2.24) is 19.5 Å². The summed E-state index contributed by atoms with van der Waals surface area (Å²) in [6.45, 7) is 4.69. The molecular weight excluding hydrogens is 783 g/mol. The minimum atomic E-state index is -0.102. The van der Waals surface area contributed by atoms with Crippen LogP contribution in [0.3, 0.4) is 0 Å². The van der Waals surface area contributed by atoms with Gasteiger partial charge in [0.1, 0.15) is 17.3 Å². The highest BCUT2D eigenvalue weighted by Gasteiger charge is 2.36. The molecule has 304 valence electrons. The largest absolute Gasteiger partial charge is 0.456 e. The van der Waals surface area contributed by atoms with Gasteiger partial charge in [-0.15, -0.1) is 0 Å². The molecule has 0 spiro atoms. The molecule has 6 aromatic carbocycles. The van der Waals surface area contributed by atoms with Crippen LogP contribution in [0.1, 0.15) is 25.0 Å². The van der Waals surface area contributed by atoms with Crippen LogP contribution >= 0.6 is 0 Å². The Hall–Kier alpha value is -8.35. The van der Waals surface area contributed by atoms with Crippen molar-refractivity contribution in [3.63, 3.8) is 0 Å². The summed E-state index contributed by atoms with van der Waals surface area (Å²) in [5.74, 6) is 2.32. The normalized spacial score (nSPS) is 12.7. The molecule has 64 heavy (non-hydrogen) atoms. The van der Waals surface area contributed by atoms with Crippen molar-refractivity contribution >= 4 is 39.0 Å². The van der Waals surface area contributed by atoms with Gasteiger partial charge in [0.15, 0.2) is 0 Å². The SMILES string of the molecule is CC1(C)c2ccccc2-c2cc3c4cc(-c5ccc(-c6ccc(N(c7cccc(-c8ccccn8)c7)c7cccc(-c8ccccn8)c7)nc6)o5)ccc4n(-c4ccccc4)c3cc21. The van der Waals surface area contributed by atoms with Gasteiger partial charge < -0.3 is 8.98 Å². The molecule has 0 amide bonds. The van der Waals surface area contributed by atoms with Crippen LogP contribution in [0.5, 0.6) is 0 Å². The van der Waals surface area contributed by atoms with Gasteiger partial charge >= 0.3 is 0 Å². The molecule has 0 saturated carbocycles. The first-order valence-electron chi connectivity index (χ1n) is 21.7. The zero-order valence-corrected chi connectivity index (χ0v) is 35.4. The van der Waals surface area contributed by atoms with Gasteiger partial charge in [0.2, 0.25) is 0 Å². The summed E-state index contributed by atoms with van der Waals surface area (Å²) < 4.78 is 9.09. The van der Waals surface area contributed by atoms with Crippen LogP contribution in [0.15, 0.2) is 217 Å². The Bertz CT molecular complexity index is 3430. The van der Waals surface area contributed by atoms with Crippen molar-refractivity contribution in [2.45, 2.75) is 19.3 Å². The van der Waals surface area contributed by atoms with Crippen LogP contribution in [-0.4, -0.2) is 19.5 Å². The molecule has 5 aromatic heterocycles. The minimum absolute atomic E-state index is 0.102. The predicted molar refractivity (Wildman–Crippen MR) is 260 cm³/mol. The van der Waals surface area contributed by atoms with E-state index in [1.807, 2.05) is 61.1 Å². The Balaban J connectivity index is 0.925. The molecule has 0 radical (unpaired) electrons. The topological polar surface area (TPSA) is 60.0 Å². The standard InChI is InChI=1S/C58H41N5O/c1-58(2)49-21-7-6-20-45(49)46-35-48-47-34-40(24-26-53(47)63(54(48)36-50(46)58)42-16-4-3-5-17-42)55-27-28-56(64-55)41-25-29-57(61-37-41)62(43-18-12-14-38(32-43)51-22-8-10-30-59-51)44-19-13-15-39(33-44)52-23-9-11-31-60-52/h3-37H,1-2H3. The molecule has 1 aliphatic carbocycles. The Morgan fingerprint density at radius 2 is 1.09 bits per heavy atom. The van der Waals surface area contributed by atoms with Crippen molar-refractivity contribution in [2.24, 2.45) is 0 Å². The first kappa shape index (κ1) is 37.4. The summed E-state index contributed by atoms with van der Waals surface area (Å²) in [6.07, 6.45) is 5.54. The number of aromatic nitrogens is 4. The number of hydrogen-bond donors (Lipinski definition) is 0. The minimum Gasteiger partial charge on any atom is -0.456 e. The number of benzene rings is 6. The molecule has 6 heteroatoms. The monoisotopic (exact) mass is 823 g/mol. The lowest BCUT2D eigenvalue weighted by Crippen LogP contribution is -2.14. The van der Waals surface area contributed by atoms with Crippen molar-refractivity contribution in [3.8, 4) is 62.0 Å². The van der Waals surface area contributed by atoms with E-state index >= 15 is 0 Å². The van der Waals surface area contributed by atoms with E-state index < -0.39 is 0 Å². The lowest BCUT2D eigenvalue weighted by molar-refractivity contribution is 0.597. The second kappa shape index (κ2) is 14.9. The van der Waals surface area contributed by atoms with Gasteiger partial charge in [-0.25, -0.2) is 4.98 Å². The maximum Gasteiger partial charge on any atom is 0.137 e. The summed E-state index contributed by atoms with van der Waals surface area (Å²) in [5.41, 5.74) is 16.4. The molecular formula is C58H41N5O. The van der Waals surface area contributed by atoms with Crippen LogP contribution in [0.4, 0.5) is 17.2 Å². The van der Waals surface area contributed by atoms with E-state index in [1.165, 1.54) is 38.5 Å². The fraction of sp³-hybridized carbons (Fsp3) is 0.0517. The smallest absolute Gasteiger partial charge is 0.137 e. The van der Waals surface area contributed by atoms with E-state index in [-0.39, 0.29) is 5.41 Å². The molecule has 0 unspecified atom stereocenters. The van der Waals surface area contributed by atoms with E-state index in [0.717, 1.165) is 73.6 Å². The number of fused-ring (bicyclic) bond motifs is 6. The van der Waals surface area contributed by atoms with Crippen molar-refractivity contribution in [1.29, 1.82) is 0 Å². The third kappa shape index (κ3) is 6.22.